The summed E-state index contributed by atoms with van der Waals surface area (Å²) in [6, 6.07) is 10.6. The van der Waals surface area contributed by atoms with Gasteiger partial charge in [0.1, 0.15) is 23.0 Å². The summed E-state index contributed by atoms with van der Waals surface area (Å²) in [5, 5.41) is 9.45. The van der Waals surface area contributed by atoms with E-state index in [1.807, 2.05) is 25.1 Å². The summed E-state index contributed by atoms with van der Waals surface area (Å²) >= 11 is 0. The standard InChI is InChI=1S/C12H11NO2/c1-9-6-7-10(15-9)8-13-11-4-2-3-5-12(11)14/h2-8,14H,1H3. The molecule has 15 heavy (non-hydrogen) atoms. The lowest BCUT2D eigenvalue weighted by Crippen LogP contribution is -1.74. The van der Waals surface area contributed by atoms with E-state index in [4.69, 9.17) is 4.42 Å². The summed E-state index contributed by atoms with van der Waals surface area (Å²) < 4.78 is 5.31. The highest BCUT2D eigenvalue weighted by Gasteiger charge is 1.97. The van der Waals surface area contributed by atoms with Gasteiger partial charge in [-0.25, -0.2) is 4.99 Å². The van der Waals surface area contributed by atoms with Crippen molar-refractivity contribution in [2.75, 3.05) is 0 Å². The van der Waals surface area contributed by atoms with E-state index in [2.05, 4.69) is 4.99 Å². The summed E-state index contributed by atoms with van der Waals surface area (Å²) in [5.41, 5.74) is 0.534. The van der Waals surface area contributed by atoms with Crippen molar-refractivity contribution in [1.82, 2.24) is 0 Å². The molecule has 0 aliphatic carbocycles. The maximum Gasteiger partial charge on any atom is 0.145 e. The zero-order valence-corrected chi connectivity index (χ0v) is 8.34. The second-order valence-corrected chi connectivity index (χ2v) is 3.20. The van der Waals surface area contributed by atoms with Crippen LogP contribution in [-0.4, -0.2) is 11.3 Å². The highest BCUT2D eigenvalue weighted by atomic mass is 16.3. The van der Waals surface area contributed by atoms with Crippen LogP contribution in [0.25, 0.3) is 0 Å². The Bertz CT molecular complexity index is 486. The van der Waals surface area contributed by atoms with Gasteiger partial charge in [-0.15, -0.1) is 0 Å². The van der Waals surface area contributed by atoms with Gasteiger partial charge < -0.3 is 9.52 Å². The number of aryl methyl sites for hydroxylation is 1. The van der Waals surface area contributed by atoms with Gasteiger partial charge in [0.05, 0.1) is 6.21 Å². The molecular weight excluding hydrogens is 190 g/mol. The Kier molecular flexibility index (Phi) is 2.54. The average molecular weight is 201 g/mol. The van der Waals surface area contributed by atoms with E-state index in [-0.39, 0.29) is 5.75 Å². The third-order valence-corrected chi connectivity index (χ3v) is 1.97. The van der Waals surface area contributed by atoms with E-state index in [9.17, 15) is 5.11 Å². The van der Waals surface area contributed by atoms with Crippen molar-refractivity contribution in [3.05, 3.63) is 47.9 Å². The van der Waals surface area contributed by atoms with E-state index in [1.165, 1.54) is 0 Å². The molecule has 3 heteroatoms. The van der Waals surface area contributed by atoms with Crippen LogP contribution in [0, 0.1) is 6.92 Å². The zero-order valence-electron chi connectivity index (χ0n) is 8.34. The number of nitrogens with zero attached hydrogens (tertiary/aromatic N) is 1. The molecule has 0 spiro atoms. The second-order valence-electron chi connectivity index (χ2n) is 3.20. The summed E-state index contributed by atoms with van der Waals surface area (Å²) in [6.07, 6.45) is 1.59. The minimum atomic E-state index is 0.164. The molecule has 0 saturated carbocycles. The molecule has 2 aromatic rings. The van der Waals surface area contributed by atoms with Gasteiger partial charge in [0, 0.05) is 0 Å². The molecule has 0 radical (unpaired) electrons. The fourth-order valence-corrected chi connectivity index (χ4v) is 1.23. The Morgan fingerprint density at radius 1 is 1.20 bits per heavy atom. The van der Waals surface area contributed by atoms with Crippen molar-refractivity contribution in [1.29, 1.82) is 0 Å². The summed E-state index contributed by atoms with van der Waals surface area (Å²) in [6.45, 7) is 1.87. The molecule has 0 atom stereocenters. The van der Waals surface area contributed by atoms with E-state index in [0.29, 0.717) is 11.4 Å². The molecule has 0 bridgehead atoms. The van der Waals surface area contributed by atoms with Crippen LogP contribution in [0.15, 0.2) is 45.8 Å². The van der Waals surface area contributed by atoms with E-state index >= 15 is 0 Å². The molecule has 1 heterocycles. The molecule has 0 aliphatic rings. The van der Waals surface area contributed by atoms with Crippen LogP contribution in [0.5, 0.6) is 5.75 Å². The topological polar surface area (TPSA) is 45.7 Å². The molecule has 0 unspecified atom stereocenters. The molecule has 0 saturated heterocycles. The maximum atomic E-state index is 9.45. The van der Waals surface area contributed by atoms with E-state index in [0.717, 1.165) is 5.76 Å². The fraction of sp³-hybridized carbons (Fsp3) is 0.0833. The highest BCUT2D eigenvalue weighted by molar-refractivity contribution is 5.79. The van der Waals surface area contributed by atoms with Gasteiger partial charge in [-0.05, 0) is 31.2 Å². The largest absolute Gasteiger partial charge is 0.506 e. The molecule has 0 amide bonds. The minimum Gasteiger partial charge on any atom is -0.506 e. The van der Waals surface area contributed by atoms with Crippen LogP contribution in [0.1, 0.15) is 11.5 Å². The lowest BCUT2D eigenvalue weighted by atomic mass is 10.3. The zero-order chi connectivity index (χ0) is 10.7. The van der Waals surface area contributed by atoms with Gasteiger partial charge in [0.2, 0.25) is 0 Å². The van der Waals surface area contributed by atoms with Crippen LogP contribution in [0.4, 0.5) is 5.69 Å². The number of aromatic hydroxyl groups is 1. The monoisotopic (exact) mass is 201 g/mol. The molecule has 76 valence electrons. The quantitative estimate of drug-likeness (QED) is 0.759. The van der Waals surface area contributed by atoms with Gasteiger partial charge >= 0.3 is 0 Å². The summed E-state index contributed by atoms with van der Waals surface area (Å²) in [7, 11) is 0. The van der Waals surface area contributed by atoms with Crippen molar-refractivity contribution in [3.8, 4) is 5.75 Å². The average Bonchev–Trinajstić information content (AvgIpc) is 2.63. The van der Waals surface area contributed by atoms with Gasteiger partial charge in [0.25, 0.3) is 0 Å². The molecule has 1 aromatic heterocycles. The number of phenolic OH excluding ortho intramolecular Hbond substituents is 1. The Morgan fingerprint density at radius 3 is 2.67 bits per heavy atom. The van der Waals surface area contributed by atoms with Crippen LogP contribution in [0.2, 0.25) is 0 Å². The SMILES string of the molecule is Cc1ccc(C=Nc2ccccc2O)o1. The number of phenols is 1. The van der Waals surface area contributed by atoms with E-state index < -0.39 is 0 Å². The molecule has 1 aromatic carbocycles. The van der Waals surface area contributed by atoms with E-state index in [1.54, 1.807) is 24.4 Å². The maximum absolute atomic E-state index is 9.45. The summed E-state index contributed by atoms with van der Waals surface area (Å²) in [5.74, 6) is 1.68. The van der Waals surface area contributed by atoms with Crippen LogP contribution < -0.4 is 0 Å². The van der Waals surface area contributed by atoms with Gasteiger partial charge in [0.15, 0.2) is 0 Å². The predicted octanol–water partition coefficient (Wildman–Crippen LogP) is 3.04. The lowest BCUT2D eigenvalue weighted by Gasteiger charge is -1.95. The molecule has 3 nitrogen and oxygen atoms in total. The van der Waals surface area contributed by atoms with Crippen LogP contribution in [0.3, 0.4) is 0 Å². The number of furan rings is 1. The minimum absolute atomic E-state index is 0.164. The van der Waals surface area contributed by atoms with Crippen molar-refractivity contribution in [3.63, 3.8) is 0 Å². The smallest absolute Gasteiger partial charge is 0.145 e. The van der Waals surface area contributed by atoms with Crippen molar-refractivity contribution in [2.24, 2.45) is 4.99 Å². The first-order chi connectivity index (χ1) is 7.25. The lowest BCUT2D eigenvalue weighted by molar-refractivity contribution is 0.477. The van der Waals surface area contributed by atoms with Crippen molar-refractivity contribution >= 4 is 11.9 Å². The third-order valence-electron chi connectivity index (χ3n) is 1.97. The van der Waals surface area contributed by atoms with Gasteiger partial charge in [-0.1, -0.05) is 12.1 Å². The first-order valence-electron chi connectivity index (χ1n) is 4.64. The van der Waals surface area contributed by atoms with Crippen molar-refractivity contribution in [2.45, 2.75) is 6.92 Å². The van der Waals surface area contributed by atoms with Crippen LogP contribution >= 0.6 is 0 Å². The normalized spacial score (nSPS) is 11.0. The first kappa shape index (κ1) is 9.52. The summed E-state index contributed by atoms with van der Waals surface area (Å²) in [4.78, 5) is 4.12. The Balaban J connectivity index is 2.22. The molecule has 1 N–H and O–H groups in total. The third kappa shape index (κ3) is 2.26. The number of para-hydroxylation sites is 2. The number of aliphatic imine (C=N–C) groups is 1. The molecule has 2 rings (SSSR count). The van der Waals surface area contributed by atoms with Crippen LogP contribution in [-0.2, 0) is 0 Å². The number of hydrogen-bond acceptors (Lipinski definition) is 3. The second kappa shape index (κ2) is 4.00. The number of benzene rings is 1. The fourth-order valence-electron chi connectivity index (χ4n) is 1.23. The molecule has 0 fully saturated rings. The highest BCUT2D eigenvalue weighted by Crippen LogP contribution is 2.24. The Morgan fingerprint density at radius 2 is 2.00 bits per heavy atom. The van der Waals surface area contributed by atoms with Gasteiger partial charge in [-0.3, -0.25) is 0 Å². The number of rotatable bonds is 2. The Labute approximate surface area is 87.7 Å². The molecule has 0 aliphatic heterocycles. The van der Waals surface area contributed by atoms with Gasteiger partial charge in [-0.2, -0.15) is 0 Å². The molecular formula is C12H11NO2. The van der Waals surface area contributed by atoms with Crippen molar-refractivity contribution < 1.29 is 9.52 Å². The number of hydrogen-bond donors (Lipinski definition) is 1. The predicted molar refractivity (Wildman–Crippen MR) is 58.8 cm³/mol. The Hall–Kier alpha value is -2.03. The first-order valence-corrected chi connectivity index (χ1v) is 4.64.